The lowest BCUT2D eigenvalue weighted by atomic mass is 9.91. The molecular formula is C31H35F3N2. The van der Waals surface area contributed by atoms with Gasteiger partial charge in [-0.25, -0.2) is 0 Å². The van der Waals surface area contributed by atoms with E-state index in [1.165, 1.54) is 0 Å². The van der Waals surface area contributed by atoms with E-state index in [9.17, 15) is 0 Å². The zero-order valence-electron chi connectivity index (χ0n) is 22.4. The molecule has 0 saturated heterocycles. The van der Waals surface area contributed by atoms with Crippen molar-refractivity contribution in [3.63, 3.8) is 0 Å². The van der Waals surface area contributed by atoms with Gasteiger partial charge in [-0.2, -0.15) is 13.2 Å². The van der Waals surface area contributed by atoms with Crippen LogP contribution in [0.25, 0.3) is 0 Å². The Morgan fingerprint density at radius 1 is 0.472 bits per heavy atom. The number of rotatable bonds is 2. The Balaban J connectivity index is 1.80. The van der Waals surface area contributed by atoms with Crippen molar-refractivity contribution in [1.82, 2.24) is 0 Å². The molecule has 3 aromatic carbocycles. The van der Waals surface area contributed by atoms with Gasteiger partial charge in [-0.1, -0.05) is 54.6 Å². The van der Waals surface area contributed by atoms with Crippen molar-refractivity contribution >= 4 is 11.4 Å². The van der Waals surface area contributed by atoms with Crippen LogP contribution in [0.15, 0.2) is 66.7 Å². The predicted octanol–water partition coefficient (Wildman–Crippen LogP) is 8.69. The van der Waals surface area contributed by atoms with Crippen LogP contribution in [0.1, 0.15) is 83.2 Å². The van der Waals surface area contributed by atoms with Crippen LogP contribution in [-0.4, -0.2) is 0 Å². The summed E-state index contributed by atoms with van der Waals surface area (Å²) in [4.78, 5) is 3.94. The fraction of sp³-hybridized carbons (Fsp3) is 0.419. The highest BCUT2D eigenvalue weighted by molar-refractivity contribution is 5.76. The third kappa shape index (κ3) is 3.10. The molecule has 5 rings (SSSR count). The van der Waals surface area contributed by atoms with Crippen molar-refractivity contribution in [3.8, 4) is 0 Å². The molecule has 0 unspecified atom stereocenters. The summed E-state index contributed by atoms with van der Waals surface area (Å²) in [5.41, 5.74) is 1.58. The molecule has 3 aromatic rings. The van der Waals surface area contributed by atoms with Gasteiger partial charge in [0.05, 0.1) is 33.5 Å². The number of halogens is 3. The second kappa shape index (κ2) is 7.30. The summed E-state index contributed by atoms with van der Waals surface area (Å²) in [7, 11) is 0. The lowest BCUT2D eigenvalue weighted by Crippen LogP contribution is -2.48. The molecule has 0 aromatic heterocycles. The summed E-state index contributed by atoms with van der Waals surface area (Å²) < 4.78 is 45.7. The molecule has 2 heterocycles. The molecule has 2 aliphatic rings. The van der Waals surface area contributed by atoms with Crippen LogP contribution in [0.2, 0.25) is 0 Å². The monoisotopic (exact) mass is 492 g/mol. The minimum Gasteiger partial charge on any atom is -0.353 e. The zero-order valence-corrected chi connectivity index (χ0v) is 22.4. The standard InChI is InChI=1S/C31H35F3N2/c1-27(2)20-14-9-10-15-21(20)28(3,4)35(27)24-18-13-19-25(26(24)31(32,33)34)36-29(5,6)22-16-11-12-17-23(22)30(36,7)8/h9-19H,1-8H3. The Morgan fingerprint density at radius 3 is 1.00 bits per heavy atom. The average Bonchev–Trinajstić information content (AvgIpc) is 3.04. The minimum atomic E-state index is -4.55. The molecule has 5 heteroatoms. The number of benzene rings is 3. The van der Waals surface area contributed by atoms with E-state index in [0.717, 1.165) is 22.3 Å². The molecule has 0 bridgehead atoms. The highest BCUT2D eigenvalue weighted by Crippen LogP contribution is 2.58. The summed E-state index contributed by atoms with van der Waals surface area (Å²) in [5.74, 6) is 0. The second-order valence-corrected chi connectivity index (χ2v) is 12.2. The largest absolute Gasteiger partial charge is 0.420 e. The number of hydrogen-bond acceptors (Lipinski definition) is 2. The first-order valence-electron chi connectivity index (χ1n) is 12.6. The van der Waals surface area contributed by atoms with Crippen LogP contribution in [0.5, 0.6) is 0 Å². The number of anilines is 2. The normalized spacial score (nSPS) is 20.9. The van der Waals surface area contributed by atoms with Crippen LogP contribution in [-0.2, 0) is 28.3 Å². The van der Waals surface area contributed by atoms with Gasteiger partial charge in [-0.15, -0.1) is 0 Å². The number of alkyl halides is 3. The van der Waals surface area contributed by atoms with Gasteiger partial charge < -0.3 is 9.80 Å². The van der Waals surface area contributed by atoms with Crippen molar-refractivity contribution in [2.75, 3.05) is 9.80 Å². The van der Waals surface area contributed by atoms with Crippen LogP contribution < -0.4 is 9.80 Å². The van der Waals surface area contributed by atoms with E-state index in [1.807, 2.05) is 114 Å². The number of fused-ring (bicyclic) bond motifs is 2. The highest BCUT2D eigenvalue weighted by Gasteiger charge is 2.55. The van der Waals surface area contributed by atoms with E-state index in [1.54, 1.807) is 18.2 Å². The molecule has 2 nitrogen and oxygen atoms in total. The molecule has 0 radical (unpaired) electrons. The van der Waals surface area contributed by atoms with E-state index in [4.69, 9.17) is 0 Å². The van der Waals surface area contributed by atoms with Gasteiger partial charge in [0.15, 0.2) is 0 Å². The number of hydrogen-bond donors (Lipinski definition) is 0. The zero-order chi connectivity index (χ0) is 26.5. The first-order valence-corrected chi connectivity index (χ1v) is 12.6. The molecule has 0 spiro atoms. The van der Waals surface area contributed by atoms with Crippen LogP contribution >= 0.6 is 0 Å². The maximum Gasteiger partial charge on any atom is 0.420 e. The predicted molar refractivity (Wildman–Crippen MR) is 141 cm³/mol. The van der Waals surface area contributed by atoms with Crippen LogP contribution in [0.4, 0.5) is 24.5 Å². The topological polar surface area (TPSA) is 6.48 Å². The maximum absolute atomic E-state index is 15.2. The summed E-state index contributed by atoms with van der Waals surface area (Å²) >= 11 is 0. The van der Waals surface area contributed by atoms with Gasteiger partial charge in [-0.3, -0.25) is 0 Å². The Labute approximate surface area is 212 Å². The average molecular weight is 493 g/mol. The first-order chi connectivity index (χ1) is 16.5. The van der Waals surface area contributed by atoms with Gasteiger partial charge in [0, 0.05) is 0 Å². The van der Waals surface area contributed by atoms with Crippen molar-refractivity contribution in [2.24, 2.45) is 0 Å². The summed E-state index contributed by atoms with van der Waals surface area (Å²) in [6.07, 6.45) is -4.55. The van der Waals surface area contributed by atoms with Gasteiger partial charge in [0.2, 0.25) is 0 Å². The van der Waals surface area contributed by atoms with Gasteiger partial charge >= 0.3 is 6.18 Å². The van der Waals surface area contributed by atoms with E-state index in [2.05, 4.69) is 0 Å². The summed E-state index contributed by atoms with van der Waals surface area (Å²) in [6.45, 7) is 16.2. The summed E-state index contributed by atoms with van der Waals surface area (Å²) in [6, 6.07) is 21.1. The molecule has 0 fully saturated rings. The molecule has 0 N–H and O–H groups in total. The van der Waals surface area contributed by atoms with Crippen molar-refractivity contribution in [2.45, 2.75) is 83.7 Å². The second-order valence-electron chi connectivity index (χ2n) is 12.2. The minimum absolute atomic E-state index is 0.216. The maximum atomic E-state index is 15.2. The van der Waals surface area contributed by atoms with Crippen molar-refractivity contribution in [3.05, 3.63) is 94.5 Å². The highest BCUT2D eigenvalue weighted by atomic mass is 19.4. The Morgan fingerprint density at radius 2 is 0.750 bits per heavy atom. The van der Waals surface area contributed by atoms with E-state index in [0.29, 0.717) is 0 Å². The van der Waals surface area contributed by atoms with Gasteiger partial charge in [-0.05, 0) is 89.8 Å². The molecule has 0 amide bonds. The third-order valence-corrected chi connectivity index (χ3v) is 8.51. The SMILES string of the molecule is CC1(C)c2ccccc2C(C)(C)N1c1cccc(N2C(C)(C)c3ccccc3C2(C)C)c1C(F)(F)F. The van der Waals surface area contributed by atoms with Crippen molar-refractivity contribution < 1.29 is 13.2 Å². The molecule has 2 aliphatic heterocycles. The molecule has 0 saturated carbocycles. The van der Waals surface area contributed by atoms with Gasteiger partial charge in [0.25, 0.3) is 0 Å². The Bertz CT molecular complexity index is 1180. The lowest BCUT2D eigenvalue weighted by molar-refractivity contribution is -0.136. The van der Waals surface area contributed by atoms with Crippen LogP contribution in [0.3, 0.4) is 0 Å². The van der Waals surface area contributed by atoms with E-state index >= 15 is 13.2 Å². The summed E-state index contributed by atoms with van der Waals surface area (Å²) in [5, 5.41) is 0. The molecular weight excluding hydrogens is 457 g/mol. The molecule has 36 heavy (non-hydrogen) atoms. The van der Waals surface area contributed by atoms with Gasteiger partial charge in [0.1, 0.15) is 5.56 Å². The number of nitrogens with zero attached hydrogens (tertiary/aromatic N) is 2. The molecule has 0 aliphatic carbocycles. The Kier molecular flexibility index (Phi) is 5.02. The smallest absolute Gasteiger partial charge is 0.353 e. The quantitative estimate of drug-likeness (QED) is 0.353. The Hall–Kier alpha value is -2.95. The molecule has 190 valence electrons. The first kappa shape index (κ1) is 24.7. The molecule has 0 atom stereocenters. The fourth-order valence-electron chi connectivity index (χ4n) is 7.38. The van der Waals surface area contributed by atoms with E-state index < -0.39 is 33.9 Å². The third-order valence-electron chi connectivity index (χ3n) is 8.51. The van der Waals surface area contributed by atoms with Crippen molar-refractivity contribution in [1.29, 1.82) is 0 Å². The lowest BCUT2D eigenvalue weighted by Gasteiger charge is -2.47. The fourth-order valence-corrected chi connectivity index (χ4v) is 7.38. The van der Waals surface area contributed by atoms with E-state index in [-0.39, 0.29) is 11.4 Å². The van der Waals surface area contributed by atoms with Crippen LogP contribution in [0, 0.1) is 0 Å².